The van der Waals surface area contributed by atoms with Crippen LogP contribution in [0.4, 0.5) is 8.78 Å². The average Bonchev–Trinajstić information content (AvgIpc) is 3.10. The Hall–Kier alpha value is -2.82. The topological polar surface area (TPSA) is 121 Å². The predicted molar refractivity (Wildman–Crippen MR) is 107 cm³/mol. The zero-order valence-electron chi connectivity index (χ0n) is 15.4. The van der Waals surface area contributed by atoms with Gasteiger partial charge in [-0.15, -0.1) is 0 Å². The molecule has 0 radical (unpaired) electrons. The summed E-state index contributed by atoms with van der Waals surface area (Å²) in [4.78, 5) is 11.8. The van der Waals surface area contributed by atoms with Crippen LogP contribution in [0, 0.1) is 0 Å². The molecule has 0 bridgehead atoms. The number of primary amides is 1. The molecule has 1 amide bonds. The Morgan fingerprint density at radius 1 is 1.20 bits per heavy atom. The van der Waals surface area contributed by atoms with E-state index >= 15 is 0 Å². The molecule has 1 atom stereocenters. The minimum atomic E-state index is -4.26. The number of hydrogen-bond acceptors (Lipinski definition) is 4. The highest BCUT2D eigenvalue weighted by atomic mass is 35.5. The lowest BCUT2D eigenvalue weighted by Gasteiger charge is -2.18. The summed E-state index contributed by atoms with van der Waals surface area (Å²) < 4.78 is 50.8. The van der Waals surface area contributed by atoms with Crippen LogP contribution in [0.15, 0.2) is 59.8 Å². The third-order valence-electron chi connectivity index (χ3n) is 4.40. The average molecular weight is 455 g/mol. The van der Waals surface area contributed by atoms with E-state index in [0.29, 0.717) is 5.56 Å². The molecule has 0 saturated carbocycles. The fraction of sp³-hybridized carbons (Fsp3) is 0.158. The van der Waals surface area contributed by atoms with E-state index in [0.717, 1.165) is 4.68 Å². The highest BCUT2D eigenvalue weighted by molar-refractivity contribution is 7.89. The van der Waals surface area contributed by atoms with Gasteiger partial charge < -0.3 is 5.73 Å². The van der Waals surface area contributed by atoms with Crippen LogP contribution in [0.5, 0.6) is 0 Å². The van der Waals surface area contributed by atoms with Gasteiger partial charge in [-0.25, -0.2) is 27.0 Å². The highest BCUT2D eigenvalue weighted by Gasteiger charge is 2.26. The molecule has 1 aromatic heterocycles. The first-order valence-electron chi connectivity index (χ1n) is 8.60. The first-order chi connectivity index (χ1) is 14.1. The van der Waals surface area contributed by atoms with E-state index in [1.165, 1.54) is 30.6 Å². The van der Waals surface area contributed by atoms with Crippen LogP contribution >= 0.6 is 11.6 Å². The maximum atomic E-state index is 12.6. The highest BCUT2D eigenvalue weighted by Crippen LogP contribution is 2.32. The lowest BCUT2D eigenvalue weighted by molar-refractivity contribution is -0.118. The SMILES string of the molecule is NC(=O)C(c1ccc(-n2cc(CC(F)F)cn2)c(S(N)(=O)=O)c1)c1ccccc1Cl. The first-order valence-corrected chi connectivity index (χ1v) is 10.5. The molecule has 3 aromatic rings. The van der Waals surface area contributed by atoms with Crippen molar-refractivity contribution in [2.45, 2.75) is 23.7 Å². The van der Waals surface area contributed by atoms with E-state index in [9.17, 15) is 22.0 Å². The molecule has 0 saturated heterocycles. The summed E-state index contributed by atoms with van der Waals surface area (Å²) in [7, 11) is -4.26. The Labute approximate surface area is 176 Å². The van der Waals surface area contributed by atoms with Gasteiger partial charge in [0.2, 0.25) is 22.4 Å². The standard InChI is InChI=1S/C19H17ClF2N4O3S/c20-14-4-2-1-3-13(14)18(19(23)27)12-5-6-15(16(8-12)30(24,28)29)26-10-11(9-25-26)7-17(21)22/h1-6,8-10,17-18H,7H2,(H2,23,27)(H2,24,28,29). The van der Waals surface area contributed by atoms with E-state index in [2.05, 4.69) is 5.10 Å². The molecule has 4 N–H and O–H groups in total. The Balaban J connectivity index is 2.14. The number of hydrogen-bond donors (Lipinski definition) is 2. The maximum absolute atomic E-state index is 12.6. The summed E-state index contributed by atoms with van der Waals surface area (Å²) in [6, 6.07) is 10.6. The van der Waals surface area contributed by atoms with Gasteiger partial charge in [-0.2, -0.15) is 5.10 Å². The largest absolute Gasteiger partial charge is 0.369 e. The van der Waals surface area contributed by atoms with Crippen molar-refractivity contribution in [1.29, 1.82) is 0 Å². The summed E-state index contributed by atoms with van der Waals surface area (Å²) >= 11 is 6.19. The smallest absolute Gasteiger partial charge is 0.242 e. The van der Waals surface area contributed by atoms with E-state index in [1.54, 1.807) is 24.3 Å². The molecule has 0 spiro atoms. The van der Waals surface area contributed by atoms with Gasteiger partial charge in [-0.3, -0.25) is 4.79 Å². The molecular weight excluding hydrogens is 438 g/mol. The minimum Gasteiger partial charge on any atom is -0.369 e. The molecule has 1 heterocycles. The van der Waals surface area contributed by atoms with E-state index in [-0.39, 0.29) is 26.7 Å². The monoisotopic (exact) mass is 454 g/mol. The van der Waals surface area contributed by atoms with Gasteiger partial charge in [0.1, 0.15) is 4.90 Å². The molecule has 0 aliphatic heterocycles. The predicted octanol–water partition coefficient (Wildman–Crippen LogP) is 2.60. The molecule has 0 aliphatic rings. The number of carbonyl (C=O) groups excluding carboxylic acids is 1. The van der Waals surface area contributed by atoms with Gasteiger partial charge in [0, 0.05) is 17.6 Å². The van der Waals surface area contributed by atoms with Crippen LogP contribution < -0.4 is 10.9 Å². The number of amides is 1. The molecular formula is C19H17ClF2N4O3S. The second-order valence-electron chi connectivity index (χ2n) is 6.52. The number of nitrogens with two attached hydrogens (primary N) is 2. The number of alkyl halides is 2. The summed E-state index contributed by atoms with van der Waals surface area (Å²) in [5.41, 5.74) is 6.48. The van der Waals surface area contributed by atoms with Crippen LogP contribution in [0.1, 0.15) is 22.6 Å². The fourth-order valence-electron chi connectivity index (χ4n) is 3.11. The van der Waals surface area contributed by atoms with Crippen molar-refractivity contribution in [3.63, 3.8) is 0 Å². The Morgan fingerprint density at radius 2 is 1.90 bits per heavy atom. The molecule has 0 fully saturated rings. The van der Waals surface area contributed by atoms with E-state index in [4.69, 9.17) is 22.5 Å². The van der Waals surface area contributed by atoms with Crippen molar-refractivity contribution in [3.05, 3.63) is 76.6 Å². The second-order valence-corrected chi connectivity index (χ2v) is 8.45. The summed E-state index contributed by atoms with van der Waals surface area (Å²) in [5.74, 6) is -1.77. The van der Waals surface area contributed by atoms with Gasteiger partial charge in [-0.1, -0.05) is 35.9 Å². The number of halogens is 3. The summed E-state index contributed by atoms with van der Waals surface area (Å²) in [5, 5.41) is 9.59. The van der Waals surface area contributed by atoms with Crippen molar-refractivity contribution in [2.75, 3.05) is 0 Å². The second kappa shape index (κ2) is 8.50. The van der Waals surface area contributed by atoms with Crippen LogP contribution in [0.2, 0.25) is 5.02 Å². The van der Waals surface area contributed by atoms with Crippen LogP contribution in [0.3, 0.4) is 0 Å². The van der Waals surface area contributed by atoms with Crippen LogP contribution in [-0.2, 0) is 21.2 Å². The molecule has 7 nitrogen and oxygen atoms in total. The molecule has 2 aromatic carbocycles. The number of primary sulfonamides is 1. The van der Waals surface area contributed by atoms with Gasteiger partial charge in [0.05, 0.1) is 17.8 Å². The van der Waals surface area contributed by atoms with Gasteiger partial charge in [-0.05, 0) is 34.9 Å². The summed E-state index contributed by atoms with van der Waals surface area (Å²) in [6.45, 7) is 0. The third-order valence-corrected chi connectivity index (χ3v) is 5.68. The van der Waals surface area contributed by atoms with Gasteiger partial charge in [0.25, 0.3) is 0 Å². The zero-order chi connectivity index (χ0) is 22.1. The number of nitrogens with zero attached hydrogens (tertiary/aromatic N) is 2. The molecule has 158 valence electrons. The van der Waals surface area contributed by atoms with Crippen molar-refractivity contribution in [3.8, 4) is 5.69 Å². The molecule has 30 heavy (non-hydrogen) atoms. The molecule has 0 aliphatic carbocycles. The molecule has 11 heteroatoms. The first kappa shape index (κ1) is 21.9. The number of aromatic nitrogens is 2. The minimum absolute atomic E-state index is 0.0455. The quantitative estimate of drug-likeness (QED) is 0.569. The van der Waals surface area contributed by atoms with E-state index in [1.807, 2.05) is 0 Å². The van der Waals surface area contributed by atoms with Gasteiger partial charge >= 0.3 is 0 Å². The lowest BCUT2D eigenvalue weighted by atomic mass is 9.90. The zero-order valence-corrected chi connectivity index (χ0v) is 16.9. The normalized spacial score (nSPS) is 12.8. The van der Waals surface area contributed by atoms with Crippen LogP contribution in [-0.4, -0.2) is 30.5 Å². The fourth-order valence-corrected chi connectivity index (χ4v) is 4.11. The van der Waals surface area contributed by atoms with E-state index < -0.39 is 34.7 Å². The van der Waals surface area contributed by atoms with Gasteiger partial charge in [0.15, 0.2) is 0 Å². The molecule has 3 rings (SSSR count). The number of rotatable bonds is 7. The number of sulfonamides is 1. The number of benzene rings is 2. The summed E-state index contributed by atoms with van der Waals surface area (Å²) in [6.07, 6.45) is -0.605. The Bertz CT molecular complexity index is 1200. The molecule has 1 unspecified atom stereocenters. The van der Waals surface area contributed by atoms with Crippen molar-refractivity contribution in [2.24, 2.45) is 10.9 Å². The third kappa shape index (κ3) is 4.66. The Kier molecular flexibility index (Phi) is 6.20. The Morgan fingerprint density at radius 3 is 2.50 bits per heavy atom. The van der Waals surface area contributed by atoms with Crippen LogP contribution in [0.25, 0.3) is 5.69 Å². The van der Waals surface area contributed by atoms with Crippen molar-refractivity contribution in [1.82, 2.24) is 9.78 Å². The van der Waals surface area contributed by atoms with Crippen molar-refractivity contribution >= 4 is 27.5 Å². The van der Waals surface area contributed by atoms with Crippen molar-refractivity contribution < 1.29 is 22.0 Å². The lowest BCUT2D eigenvalue weighted by Crippen LogP contribution is -2.24. The number of carbonyl (C=O) groups is 1. The maximum Gasteiger partial charge on any atom is 0.242 e.